The molecule has 6 nitrogen and oxygen atoms in total. The molecule has 2 N–H and O–H groups in total. The zero-order valence-electron chi connectivity index (χ0n) is 15.8. The Kier molecular flexibility index (Phi) is 5.55. The maximum Gasteiger partial charge on any atom is 0.204 e. The molecule has 0 amide bonds. The molecule has 0 radical (unpaired) electrons. The summed E-state index contributed by atoms with van der Waals surface area (Å²) in [5, 5.41) is 3.52. The van der Waals surface area contributed by atoms with Gasteiger partial charge in [-0.15, -0.1) is 0 Å². The summed E-state index contributed by atoms with van der Waals surface area (Å²) in [5.41, 5.74) is 3.38. The summed E-state index contributed by atoms with van der Waals surface area (Å²) >= 11 is 0. The van der Waals surface area contributed by atoms with Gasteiger partial charge in [0.2, 0.25) is 5.95 Å². The van der Waals surface area contributed by atoms with E-state index in [1.165, 1.54) is 11.1 Å². The van der Waals surface area contributed by atoms with Gasteiger partial charge in [0.15, 0.2) is 0 Å². The molecule has 0 saturated carbocycles. The predicted octanol–water partition coefficient (Wildman–Crippen LogP) is 1.57. The van der Waals surface area contributed by atoms with Crippen LogP contribution < -0.4 is 15.0 Å². The highest BCUT2D eigenvalue weighted by Gasteiger charge is 2.16. The molecule has 142 valence electrons. The van der Waals surface area contributed by atoms with E-state index in [-0.39, 0.29) is 0 Å². The molecule has 27 heavy (non-hydrogen) atoms. The number of hydrogen-bond acceptors (Lipinski definition) is 4. The number of fused-ring (bicyclic) bond motifs is 1. The SMILES string of the molecule is COc1cccc(CNc2nc3ccccc3n2CC[NH+]2CCOCC2)c1. The molecule has 3 aromatic rings. The summed E-state index contributed by atoms with van der Waals surface area (Å²) in [7, 11) is 1.69. The minimum Gasteiger partial charge on any atom is -0.497 e. The molecule has 2 heterocycles. The minimum absolute atomic E-state index is 0.713. The number of anilines is 1. The van der Waals surface area contributed by atoms with Crippen molar-refractivity contribution < 1.29 is 14.4 Å². The molecule has 0 bridgehead atoms. The molecule has 1 aromatic heterocycles. The van der Waals surface area contributed by atoms with Gasteiger partial charge in [0.25, 0.3) is 0 Å². The van der Waals surface area contributed by atoms with Gasteiger partial charge in [-0.2, -0.15) is 0 Å². The second-order valence-corrected chi connectivity index (χ2v) is 6.89. The van der Waals surface area contributed by atoms with Crippen molar-refractivity contribution in [2.45, 2.75) is 13.1 Å². The molecule has 4 rings (SSSR count). The lowest BCUT2D eigenvalue weighted by Gasteiger charge is -2.24. The molecule has 0 aliphatic carbocycles. The fourth-order valence-electron chi connectivity index (χ4n) is 3.58. The number of nitrogens with one attached hydrogen (secondary N) is 2. The van der Waals surface area contributed by atoms with Crippen LogP contribution >= 0.6 is 0 Å². The molecule has 0 atom stereocenters. The summed E-state index contributed by atoms with van der Waals surface area (Å²) in [6, 6.07) is 16.5. The Labute approximate surface area is 159 Å². The number of quaternary nitrogens is 1. The molecule has 1 saturated heterocycles. The fraction of sp³-hybridized carbons (Fsp3) is 0.381. The van der Waals surface area contributed by atoms with Crippen molar-refractivity contribution in [3.63, 3.8) is 0 Å². The molecule has 0 spiro atoms. The van der Waals surface area contributed by atoms with E-state index in [0.29, 0.717) is 6.54 Å². The molecular weight excluding hydrogens is 340 g/mol. The van der Waals surface area contributed by atoms with Crippen molar-refractivity contribution in [1.29, 1.82) is 0 Å². The van der Waals surface area contributed by atoms with Gasteiger partial charge in [-0.3, -0.25) is 0 Å². The van der Waals surface area contributed by atoms with E-state index in [2.05, 4.69) is 40.2 Å². The van der Waals surface area contributed by atoms with Crippen molar-refractivity contribution in [3.8, 4) is 5.75 Å². The first-order valence-corrected chi connectivity index (χ1v) is 9.57. The van der Waals surface area contributed by atoms with E-state index in [4.69, 9.17) is 14.5 Å². The summed E-state index contributed by atoms with van der Waals surface area (Å²) in [6.07, 6.45) is 0. The van der Waals surface area contributed by atoms with Gasteiger partial charge in [0, 0.05) is 6.54 Å². The number of hydrogen-bond donors (Lipinski definition) is 2. The van der Waals surface area contributed by atoms with Gasteiger partial charge in [-0.25, -0.2) is 4.98 Å². The number of nitrogens with zero attached hydrogens (tertiary/aromatic N) is 2. The van der Waals surface area contributed by atoms with Gasteiger partial charge in [-0.1, -0.05) is 24.3 Å². The third kappa shape index (κ3) is 4.23. The van der Waals surface area contributed by atoms with E-state index in [1.54, 1.807) is 12.0 Å². The number of methoxy groups -OCH3 is 1. The Morgan fingerprint density at radius 3 is 2.85 bits per heavy atom. The van der Waals surface area contributed by atoms with Gasteiger partial charge in [-0.05, 0) is 29.8 Å². The molecule has 1 aliphatic rings. The van der Waals surface area contributed by atoms with Crippen LogP contribution in [0.5, 0.6) is 5.75 Å². The first-order valence-electron chi connectivity index (χ1n) is 9.57. The van der Waals surface area contributed by atoms with Crippen LogP contribution in [0.15, 0.2) is 48.5 Å². The van der Waals surface area contributed by atoms with Crippen LogP contribution in [-0.2, 0) is 17.8 Å². The highest BCUT2D eigenvalue weighted by atomic mass is 16.5. The summed E-state index contributed by atoms with van der Waals surface area (Å²) in [5.74, 6) is 1.80. The Hall–Kier alpha value is -2.57. The van der Waals surface area contributed by atoms with Gasteiger partial charge >= 0.3 is 0 Å². The maximum atomic E-state index is 5.47. The molecule has 0 unspecified atom stereocenters. The summed E-state index contributed by atoms with van der Waals surface area (Å²) < 4.78 is 13.1. The number of benzene rings is 2. The third-order valence-corrected chi connectivity index (χ3v) is 5.13. The Balaban J connectivity index is 1.51. The smallest absolute Gasteiger partial charge is 0.204 e. The van der Waals surface area contributed by atoms with Crippen LogP contribution in [0, 0.1) is 0 Å². The summed E-state index contributed by atoms with van der Waals surface area (Å²) in [4.78, 5) is 6.42. The van der Waals surface area contributed by atoms with Gasteiger partial charge in [0.1, 0.15) is 18.8 Å². The average molecular weight is 367 g/mol. The molecule has 6 heteroatoms. The largest absolute Gasteiger partial charge is 0.497 e. The van der Waals surface area contributed by atoms with Crippen LogP contribution in [-0.4, -0.2) is 49.5 Å². The lowest BCUT2D eigenvalue weighted by atomic mass is 10.2. The maximum absolute atomic E-state index is 5.47. The standard InChI is InChI=1S/C21H26N4O2/c1-26-18-6-4-5-17(15-18)16-22-21-23-19-7-2-3-8-20(19)25(21)10-9-24-11-13-27-14-12-24/h2-8,15H,9-14,16H2,1H3,(H,22,23)/p+1. The number of ether oxygens (including phenoxy) is 2. The average Bonchev–Trinajstić information content (AvgIpc) is 3.09. The van der Waals surface area contributed by atoms with E-state index in [1.807, 2.05) is 18.2 Å². The minimum atomic E-state index is 0.713. The van der Waals surface area contributed by atoms with Crippen LogP contribution in [0.4, 0.5) is 5.95 Å². The van der Waals surface area contributed by atoms with Crippen molar-refractivity contribution in [1.82, 2.24) is 9.55 Å². The number of rotatable bonds is 7. The van der Waals surface area contributed by atoms with E-state index in [9.17, 15) is 0 Å². The molecule has 1 fully saturated rings. The number of para-hydroxylation sites is 2. The van der Waals surface area contributed by atoms with Crippen molar-refractivity contribution >= 4 is 17.0 Å². The molecule has 1 aliphatic heterocycles. The Morgan fingerprint density at radius 1 is 1.15 bits per heavy atom. The molecule has 2 aromatic carbocycles. The molecular formula is C21H27N4O2+. The first-order chi connectivity index (χ1) is 13.3. The number of imidazole rings is 1. The normalized spacial score (nSPS) is 15.1. The van der Waals surface area contributed by atoms with Crippen LogP contribution in [0.2, 0.25) is 0 Å². The zero-order chi connectivity index (χ0) is 18.5. The highest BCUT2D eigenvalue weighted by Crippen LogP contribution is 2.20. The van der Waals surface area contributed by atoms with Crippen LogP contribution in [0.1, 0.15) is 5.56 Å². The van der Waals surface area contributed by atoms with E-state index >= 15 is 0 Å². The third-order valence-electron chi connectivity index (χ3n) is 5.13. The van der Waals surface area contributed by atoms with Crippen molar-refractivity contribution in [3.05, 3.63) is 54.1 Å². The van der Waals surface area contributed by atoms with E-state index < -0.39 is 0 Å². The second-order valence-electron chi connectivity index (χ2n) is 6.89. The lowest BCUT2D eigenvalue weighted by Crippen LogP contribution is -3.14. The predicted molar refractivity (Wildman–Crippen MR) is 106 cm³/mol. The Morgan fingerprint density at radius 2 is 2.00 bits per heavy atom. The number of morpholine rings is 1. The van der Waals surface area contributed by atoms with Crippen molar-refractivity contribution in [2.24, 2.45) is 0 Å². The number of aromatic nitrogens is 2. The first kappa shape index (κ1) is 17.8. The zero-order valence-corrected chi connectivity index (χ0v) is 15.8. The van der Waals surface area contributed by atoms with Crippen LogP contribution in [0.25, 0.3) is 11.0 Å². The van der Waals surface area contributed by atoms with Crippen LogP contribution in [0.3, 0.4) is 0 Å². The quantitative estimate of drug-likeness (QED) is 0.666. The van der Waals surface area contributed by atoms with Gasteiger partial charge in [0.05, 0.1) is 44.4 Å². The topological polar surface area (TPSA) is 52.8 Å². The monoisotopic (exact) mass is 367 g/mol. The highest BCUT2D eigenvalue weighted by molar-refractivity contribution is 5.78. The van der Waals surface area contributed by atoms with Crippen molar-refractivity contribution in [2.75, 3.05) is 45.3 Å². The second kappa shape index (κ2) is 8.41. The summed E-state index contributed by atoms with van der Waals surface area (Å²) in [6.45, 7) is 6.62. The Bertz CT molecular complexity index is 887. The van der Waals surface area contributed by atoms with Gasteiger partial charge < -0.3 is 24.3 Å². The fourth-order valence-corrected chi connectivity index (χ4v) is 3.58. The van der Waals surface area contributed by atoms with E-state index in [0.717, 1.165) is 56.6 Å². The lowest BCUT2D eigenvalue weighted by molar-refractivity contribution is -0.908.